The highest BCUT2D eigenvalue weighted by molar-refractivity contribution is 7.91. The van der Waals surface area contributed by atoms with Crippen molar-refractivity contribution in [3.05, 3.63) is 59.4 Å². The Morgan fingerprint density at radius 2 is 1.97 bits per heavy atom. The largest absolute Gasteiger partial charge is 0.383 e. The van der Waals surface area contributed by atoms with E-state index in [1.54, 1.807) is 36.1 Å². The summed E-state index contributed by atoms with van der Waals surface area (Å²) in [5.41, 5.74) is 7.47. The van der Waals surface area contributed by atoms with Crippen LogP contribution >= 0.6 is 22.9 Å². The van der Waals surface area contributed by atoms with Crippen LogP contribution in [0, 0.1) is 0 Å². The molecule has 1 fully saturated rings. The number of carbonyl (C=O) groups is 1. The van der Waals surface area contributed by atoms with Gasteiger partial charge in [-0.05, 0) is 48.2 Å². The van der Waals surface area contributed by atoms with E-state index in [0.717, 1.165) is 32.4 Å². The Kier molecular flexibility index (Phi) is 5.48. The first-order valence-corrected chi connectivity index (χ1v) is 12.9. The molecule has 0 spiro atoms. The molecule has 33 heavy (non-hydrogen) atoms. The number of rotatable bonds is 4. The third kappa shape index (κ3) is 3.93. The predicted molar refractivity (Wildman–Crippen MR) is 130 cm³/mol. The molecule has 5 rings (SSSR count). The Hall–Kier alpha value is -2.79. The normalized spacial score (nSPS) is 17.8. The number of sulfonamides is 1. The quantitative estimate of drug-likeness (QED) is 0.458. The van der Waals surface area contributed by atoms with Crippen molar-refractivity contribution in [3.8, 4) is 0 Å². The highest BCUT2D eigenvalue weighted by Gasteiger charge is 2.39. The van der Waals surface area contributed by atoms with Crippen LogP contribution in [0.2, 0.25) is 5.02 Å². The molecule has 1 unspecified atom stereocenters. The molecular weight excluding hydrogens is 482 g/mol. The van der Waals surface area contributed by atoms with Gasteiger partial charge in [0.15, 0.2) is 0 Å². The van der Waals surface area contributed by atoms with E-state index >= 15 is 0 Å². The van der Waals surface area contributed by atoms with Crippen LogP contribution in [-0.2, 0) is 21.4 Å². The van der Waals surface area contributed by atoms with E-state index in [9.17, 15) is 13.2 Å². The number of hydrogen-bond acceptors (Lipinski definition) is 7. The molecule has 1 aliphatic rings. The van der Waals surface area contributed by atoms with E-state index in [-0.39, 0.29) is 16.7 Å². The summed E-state index contributed by atoms with van der Waals surface area (Å²) in [7, 11) is -3.82. The number of aromatic nitrogens is 2. The fourth-order valence-electron chi connectivity index (χ4n) is 4.06. The standard InChI is InChI=1S/C22H20ClN5O3S2/c1-13-22(29)27(11-14-2-5-17-18(8-14)25-12-26-21(17)24)6-7-28(13)33(30,31)20-9-15-3-4-16(23)10-19(15)32-20/h2-5,8-10,12-13H,6-7,11H2,1H3,(H2,24,25,26). The van der Waals surface area contributed by atoms with Crippen LogP contribution in [0.3, 0.4) is 0 Å². The molecule has 170 valence electrons. The lowest BCUT2D eigenvalue weighted by atomic mass is 10.1. The molecule has 0 saturated carbocycles. The molecule has 0 bridgehead atoms. The van der Waals surface area contributed by atoms with Crippen LogP contribution in [0.15, 0.2) is 53.0 Å². The smallest absolute Gasteiger partial charge is 0.253 e. The maximum Gasteiger partial charge on any atom is 0.253 e. The van der Waals surface area contributed by atoms with Crippen LogP contribution < -0.4 is 5.73 Å². The van der Waals surface area contributed by atoms with Gasteiger partial charge >= 0.3 is 0 Å². The summed E-state index contributed by atoms with van der Waals surface area (Å²) in [4.78, 5) is 23.0. The van der Waals surface area contributed by atoms with Crippen LogP contribution in [0.25, 0.3) is 21.0 Å². The number of fused-ring (bicyclic) bond motifs is 2. The molecule has 4 aromatic rings. The SMILES string of the molecule is CC1C(=O)N(Cc2ccc3c(N)ncnc3c2)CCN1S(=O)(=O)c1cc2ccc(Cl)cc2s1. The van der Waals surface area contributed by atoms with E-state index in [1.165, 1.54) is 10.6 Å². The number of anilines is 1. The third-order valence-corrected chi connectivity index (χ3v) is 9.57. The molecule has 0 radical (unpaired) electrons. The van der Waals surface area contributed by atoms with Crippen LogP contribution in [0.1, 0.15) is 12.5 Å². The van der Waals surface area contributed by atoms with Gasteiger partial charge in [0.1, 0.15) is 22.4 Å². The molecule has 3 heterocycles. The number of carbonyl (C=O) groups excluding carboxylic acids is 1. The fourth-order valence-corrected chi connectivity index (χ4v) is 7.44. The number of amides is 1. The summed E-state index contributed by atoms with van der Waals surface area (Å²) >= 11 is 7.20. The lowest BCUT2D eigenvalue weighted by Crippen LogP contribution is -2.56. The minimum Gasteiger partial charge on any atom is -0.383 e. The Labute approximate surface area is 199 Å². The second kappa shape index (κ2) is 8.21. The topological polar surface area (TPSA) is 109 Å². The van der Waals surface area contributed by atoms with Crippen molar-refractivity contribution in [1.82, 2.24) is 19.2 Å². The summed E-state index contributed by atoms with van der Waals surface area (Å²) in [6.07, 6.45) is 1.40. The minimum absolute atomic E-state index is 0.208. The number of nitrogen functional groups attached to an aromatic ring is 1. The Bertz CT molecular complexity index is 1500. The van der Waals surface area contributed by atoms with Gasteiger partial charge in [-0.25, -0.2) is 18.4 Å². The van der Waals surface area contributed by atoms with Gasteiger partial charge < -0.3 is 10.6 Å². The molecule has 1 atom stereocenters. The average Bonchev–Trinajstić information content (AvgIpc) is 3.21. The van der Waals surface area contributed by atoms with E-state index in [4.69, 9.17) is 17.3 Å². The number of halogens is 1. The van der Waals surface area contributed by atoms with Crippen LogP contribution in [0.4, 0.5) is 5.82 Å². The number of piperazine rings is 1. The van der Waals surface area contributed by atoms with Crippen LogP contribution in [-0.4, -0.2) is 52.6 Å². The number of benzene rings is 2. The van der Waals surface area contributed by atoms with E-state index in [1.807, 2.05) is 18.2 Å². The molecule has 8 nitrogen and oxygen atoms in total. The van der Waals surface area contributed by atoms with Gasteiger partial charge in [-0.15, -0.1) is 11.3 Å². The molecule has 2 N–H and O–H groups in total. The number of thiophene rings is 1. The van der Waals surface area contributed by atoms with Gasteiger partial charge in [0.2, 0.25) is 5.91 Å². The average molecular weight is 502 g/mol. The first kappa shape index (κ1) is 22.0. The molecule has 11 heteroatoms. The zero-order valence-electron chi connectivity index (χ0n) is 17.6. The second-order valence-corrected chi connectivity index (χ2v) is 11.5. The van der Waals surface area contributed by atoms with Crippen molar-refractivity contribution >= 4 is 65.7 Å². The van der Waals surface area contributed by atoms with Crippen LogP contribution in [0.5, 0.6) is 0 Å². The number of nitrogens with two attached hydrogens (primary N) is 1. The van der Waals surface area contributed by atoms with Crippen molar-refractivity contribution < 1.29 is 13.2 Å². The Morgan fingerprint density at radius 3 is 2.79 bits per heavy atom. The van der Waals surface area contributed by atoms with Gasteiger partial charge in [0.05, 0.1) is 5.52 Å². The second-order valence-electron chi connectivity index (χ2n) is 7.91. The van der Waals surface area contributed by atoms with Gasteiger partial charge in [0, 0.05) is 34.7 Å². The molecule has 1 aliphatic heterocycles. The fraction of sp³-hybridized carbons (Fsp3) is 0.227. The van der Waals surface area contributed by atoms with Crippen molar-refractivity contribution in [2.45, 2.75) is 23.7 Å². The minimum atomic E-state index is -3.82. The highest BCUT2D eigenvalue weighted by Crippen LogP contribution is 2.34. The summed E-state index contributed by atoms with van der Waals surface area (Å²) < 4.78 is 29.0. The maximum absolute atomic E-state index is 13.3. The predicted octanol–water partition coefficient (Wildman–Crippen LogP) is 3.50. The molecule has 2 aromatic carbocycles. The molecular formula is C22H20ClN5O3S2. The molecule has 1 saturated heterocycles. The van der Waals surface area contributed by atoms with Crippen molar-refractivity contribution in [2.75, 3.05) is 18.8 Å². The van der Waals surface area contributed by atoms with Crippen molar-refractivity contribution in [3.63, 3.8) is 0 Å². The molecule has 1 amide bonds. The number of nitrogens with zero attached hydrogens (tertiary/aromatic N) is 4. The lowest BCUT2D eigenvalue weighted by molar-refractivity contribution is -0.138. The van der Waals surface area contributed by atoms with E-state index in [2.05, 4.69) is 9.97 Å². The summed E-state index contributed by atoms with van der Waals surface area (Å²) in [6, 6.07) is 11.7. The highest BCUT2D eigenvalue weighted by atomic mass is 35.5. The van der Waals surface area contributed by atoms with E-state index < -0.39 is 16.1 Å². The van der Waals surface area contributed by atoms with Gasteiger partial charge in [-0.2, -0.15) is 4.31 Å². The number of hydrogen-bond donors (Lipinski definition) is 1. The summed E-state index contributed by atoms with van der Waals surface area (Å²) in [6.45, 7) is 2.50. The van der Waals surface area contributed by atoms with Gasteiger partial charge in [0.25, 0.3) is 10.0 Å². The Morgan fingerprint density at radius 1 is 1.15 bits per heavy atom. The zero-order valence-corrected chi connectivity index (χ0v) is 20.0. The van der Waals surface area contributed by atoms with Crippen molar-refractivity contribution in [2.24, 2.45) is 0 Å². The lowest BCUT2D eigenvalue weighted by Gasteiger charge is -2.38. The zero-order chi connectivity index (χ0) is 23.3. The summed E-state index contributed by atoms with van der Waals surface area (Å²) in [5.74, 6) is 0.162. The molecule has 0 aliphatic carbocycles. The first-order valence-electron chi connectivity index (χ1n) is 10.2. The maximum atomic E-state index is 13.3. The monoisotopic (exact) mass is 501 g/mol. The third-order valence-electron chi connectivity index (χ3n) is 5.82. The molecule has 2 aromatic heterocycles. The van der Waals surface area contributed by atoms with Gasteiger partial charge in [-0.1, -0.05) is 23.7 Å². The van der Waals surface area contributed by atoms with Crippen molar-refractivity contribution in [1.29, 1.82) is 0 Å². The van der Waals surface area contributed by atoms with E-state index in [0.29, 0.717) is 29.4 Å². The Balaban J connectivity index is 1.37. The first-order chi connectivity index (χ1) is 15.7. The van der Waals surface area contributed by atoms with Gasteiger partial charge in [-0.3, -0.25) is 4.79 Å². The summed E-state index contributed by atoms with van der Waals surface area (Å²) in [5, 5.41) is 2.11.